The highest BCUT2D eigenvalue weighted by molar-refractivity contribution is 7.93. The molecule has 0 bridgehead atoms. The van der Waals surface area contributed by atoms with Crippen LogP contribution < -0.4 is 4.72 Å². The van der Waals surface area contributed by atoms with Gasteiger partial charge in [0.1, 0.15) is 11.9 Å². The Kier molecular flexibility index (Phi) is 5.53. The number of halogens is 3. The largest absolute Gasteiger partial charge is 0.478 e. The molecule has 1 aromatic carbocycles. The van der Waals surface area contributed by atoms with Gasteiger partial charge in [-0.15, -0.1) is 0 Å². The van der Waals surface area contributed by atoms with Crippen molar-refractivity contribution in [2.45, 2.75) is 11.5 Å². The van der Waals surface area contributed by atoms with Gasteiger partial charge in [0.25, 0.3) is 0 Å². The summed E-state index contributed by atoms with van der Waals surface area (Å²) >= 11 is 0. The molecule has 27 heavy (non-hydrogen) atoms. The van der Waals surface area contributed by atoms with E-state index in [9.17, 15) is 36.3 Å². The molecule has 1 atom stereocenters. The van der Waals surface area contributed by atoms with Gasteiger partial charge in [-0.3, -0.25) is 14.3 Å². The molecule has 2 aromatic rings. The van der Waals surface area contributed by atoms with Gasteiger partial charge in [-0.2, -0.15) is 17.2 Å². The number of aliphatic hydroxyl groups excluding tert-OH is 1. The van der Waals surface area contributed by atoms with Crippen LogP contribution in [0.1, 0.15) is 38.7 Å². The monoisotopic (exact) mass is 406 g/mol. The van der Waals surface area contributed by atoms with Gasteiger partial charge in [0.05, 0.1) is 5.69 Å². The van der Waals surface area contributed by atoms with Crippen LogP contribution >= 0.6 is 0 Å². The number of aliphatic hydroxyl groups is 2. The molecule has 0 saturated carbocycles. The summed E-state index contributed by atoms with van der Waals surface area (Å²) in [5.41, 5.74) is -7.01. The molecule has 0 amide bonds. The molecule has 1 aromatic heterocycles. The lowest BCUT2D eigenvalue weighted by atomic mass is 10.1. The first-order chi connectivity index (χ1) is 12.5. The Balaban J connectivity index is 2.59. The Bertz CT molecular complexity index is 970. The van der Waals surface area contributed by atoms with E-state index < -0.39 is 56.1 Å². The first-order valence-electron chi connectivity index (χ1n) is 6.75. The summed E-state index contributed by atoms with van der Waals surface area (Å²) < 4.78 is 63.5. The quantitative estimate of drug-likeness (QED) is 0.538. The standard InChI is InChI=1S/C13H9F3N4O6S/c14-7-3-1-2-6(10(7)20-27(25,26)13(15,16)24)11(23)12-18-8(4-21)17-9(5-22)19-12/h1-5,11,20,23-24H. The van der Waals surface area contributed by atoms with Crippen molar-refractivity contribution in [1.82, 2.24) is 15.0 Å². The molecular formula is C13H9F3N4O6S. The van der Waals surface area contributed by atoms with Crippen LogP contribution in [0.3, 0.4) is 0 Å². The second kappa shape index (κ2) is 7.34. The topological polar surface area (TPSA) is 159 Å². The molecule has 0 aliphatic carbocycles. The highest BCUT2D eigenvalue weighted by atomic mass is 32.2. The smallest absolute Gasteiger partial charge is 0.380 e. The number of benzene rings is 1. The van der Waals surface area contributed by atoms with Crippen molar-refractivity contribution in [3.8, 4) is 0 Å². The molecule has 1 unspecified atom stereocenters. The molecule has 0 aliphatic heterocycles. The molecule has 0 saturated heterocycles. The van der Waals surface area contributed by atoms with Crippen molar-refractivity contribution in [3.63, 3.8) is 0 Å². The number of sulfonamides is 1. The molecule has 0 spiro atoms. The second-order valence-electron chi connectivity index (χ2n) is 4.84. The third-order valence-electron chi connectivity index (χ3n) is 3.04. The number of para-hydroxylation sites is 1. The van der Waals surface area contributed by atoms with Gasteiger partial charge in [0.15, 0.2) is 30.0 Å². The van der Waals surface area contributed by atoms with E-state index in [0.29, 0.717) is 6.07 Å². The number of alkyl halides is 2. The summed E-state index contributed by atoms with van der Waals surface area (Å²) in [6, 6.07) is 2.63. The lowest BCUT2D eigenvalue weighted by Gasteiger charge is -2.18. The van der Waals surface area contributed by atoms with E-state index in [-0.39, 0.29) is 12.6 Å². The van der Waals surface area contributed by atoms with Gasteiger partial charge in [-0.25, -0.2) is 19.3 Å². The maximum absolute atomic E-state index is 14.0. The van der Waals surface area contributed by atoms with Crippen LogP contribution in [0.2, 0.25) is 0 Å². The average molecular weight is 406 g/mol. The summed E-state index contributed by atoms with van der Waals surface area (Å²) in [6.07, 6.45) is -1.81. The van der Waals surface area contributed by atoms with Gasteiger partial charge in [-0.1, -0.05) is 12.1 Å². The minimum Gasteiger partial charge on any atom is -0.380 e. The minimum absolute atomic E-state index is 0.117. The molecule has 2 rings (SSSR count). The lowest BCUT2D eigenvalue weighted by molar-refractivity contribution is -0.120. The Morgan fingerprint density at radius 2 is 1.67 bits per heavy atom. The van der Waals surface area contributed by atoms with E-state index in [0.717, 1.165) is 16.9 Å². The molecule has 0 radical (unpaired) electrons. The van der Waals surface area contributed by atoms with E-state index in [2.05, 4.69) is 15.0 Å². The number of aromatic nitrogens is 3. The van der Waals surface area contributed by atoms with E-state index in [1.165, 1.54) is 0 Å². The first kappa shape index (κ1) is 20.3. The zero-order chi connectivity index (χ0) is 20.4. The summed E-state index contributed by atoms with van der Waals surface area (Å²) in [6.45, 7) is 0. The number of aldehydes is 2. The van der Waals surface area contributed by atoms with Crippen LogP contribution in [-0.2, 0) is 10.0 Å². The fourth-order valence-electron chi connectivity index (χ4n) is 1.87. The molecule has 0 aliphatic rings. The van der Waals surface area contributed by atoms with Crippen LogP contribution in [0, 0.1) is 5.82 Å². The van der Waals surface area contributed by atoms with Crippen molar-refractivity contribution < 1.29 is 41.4 Å². The third-order valence-corrected chi connectivity index (χ3v) is 4.16. The average Bonchev–Trinajstić information content (AvgIpc) is 2.61. The van der Waals surface area contributed by atoms with Crippen LogP contribution in [0.25, 0.3) is 0 Å². The number of nitrogens with one attached hydrogen (secondary N) is 1. The van der Waals surface area contributed by atoms with Crippen LogP contribution in [0.15, 0.2) is 18.2 Å². The molecule has 144 valence electrons. The Morgan fingerprint density at radius 3 is 2.15 bits per heavy atom. The van der Waals surface area contributed by atoms with Gasteiger partial charge >= 0.3 is 15.5 Å². The van der Waals surface area contributed by atoms with E-state index in [1.807, 2.05) is 0 Å². The van der Waals surface area contributed by atoms with Gasteiger partial charge < -0.3 is 10.2 Å². The third kappa shape index (κ3) is 4.24. The molecule has 10 nitrogen and oxygen atoms in total. The highest BCUT2D eigenvalue weighted by Crippen LogP contribution is 2.31. The van der Waals surface area contributed by atoms with Crippen molar-refractivity contribution >= 4 is 28.3 Å². The predicted octanol–water partition coefficient (Wildman–Crippen LogP) is 0.00170. The Labute approximate surface area is 148 Å². The maximum Gasteiger partial charge on any atom is 0.478 e. The molecule has 0 fully saturated rings. The normalized spacial score (nSPS) is 13.1. The van der Waals surface area contributed by atoms with E-state index in [1.54, 1.807) is 0 Å². The number of nitrogens with zero attached hydrogens (tertiary/aromatic N) is 3. The number of hydrogen-bond donors (Lipinski definition) is 3. The number of carbonyl (C=O) groups excluding carboxylic acids is 2. The minimum atomic E-state index is -5.78. The highest BCUT2D eigenvalue weighted by Gasteiger charge is 2.44. The van der Waals surface area contributed by atoms with Crippen molar-refractivity contribution in [2.75, 3.05) is 4.72 Å². The second-order valence-corrected chi connectivity index (χ2v) is 6.55. The van der Waals surface area contributed by atoms with Gasteiger partial charge in [-0.05, 0) is 6.07 Å². The maximum atomic E-state index is 14.0. The van der Waals surface area contributed by atoms with Gasteiger partial charge in [0, 0.05) is 5.56 Å². The number of rotatable bonds is 7. The van der Waals surface area contributed by atoms with E-state index >= 15 is 0 Å². The van der Waals surface area contributed by atoms with Crippen LogP contribution in [0.5, 0.6) is 0 Å². The number of anilines is 1. The number of hydrogen-bond acceptors (Lipinski definition) is 9. The predicted molar refractivity (Wildman–Crippen MR) is 80.8 cm³/mol. The zero-order valence-electron chi connectivity index (χ0n) is 12.9. The summed E-state index contributed by atoms with van der Waals surface area (Å²) in [4.78, 5) is 32.0. The van der Waals surface area contributed by atoms with Crippen molar-refractivity contribution in [2.24, 2.45) is 0 Å². The van der Waals surface area contributed by atoms with Gasteiger partial charge in [0.2, 0.25) is 0 Å². The molecule has 14 heteroatoms. The SMILES string of the molecule is O=Cc1nc(C=O)nc(C(O)c2cccc(F)c2NS(=O)(=O)C(O)(F)F)n1. The lowest BCUT2D eigenvalue weighted by Crippen LogP contribution is -2.34. The fourth-order valence-corrected chi connectivity index (χ4v) is 2.47. The van der Waals surface area contributed by atoms with E-state index in [4.69, 9.17) is 5.11 Å². The Morgan fingerprint density at radius 1 is 1.11 bits per heavy atom. The summed E-state index contributed by atoms with van der Waals surface area (Å²) in [5.74, 6) is -3.17. The van der Waals surface area contributed by atoms with Crippen LogP contribution in [-0.4, -0.2) is 51.6 Å². The first-order valence-corrected chi connectivity index (χ1v) is 8.24. The summed E-state index contributed by atoms with van der Waals surface area (Å²) in [5, 5.41) is 18.7. The number of carbonyl (C=O) groups is 2. The fraction of sp³-hybridized carbons (Fsp3) is 0.154. The molecular weight excluding hydrogens is 397 g/mol. The molecule has 1 heterocycles. The zero-order valence-corrected chi connectivity index (χ0v) is 13.7. The molecule has 3 N–H and O–H groups in total. The summed E-state index contributed by atoms with van der Waals surface area (Å²) in [7, 11) is -5.78. The van der Waals surface area contributed by atoms with Crippen LogP contribution in [0.4, 0.5) is 18.9 Å². The van der Waals surface area contributed by atoms with Crippen molar-refractivity contribution in [3.05, 3.63) is 47.1 Å². The van der Waals surface area contributed by atoms with Crippen molar-refractivity contribution in [1.29, 1.82) is 0 Å². The Hall–Kier alpha value is -2.97.